The predicted molar refractivity (Wildman–Crippen MR) is 63.0 cm³/mol. The first kappa shape index (κ1) is 13.9. The standard InChI is InChI=1S/C11H27N3/c1-6-10(13-12)11(5,7-2)14(8-3)9-4/h10,13H,6-9,12H2,1-5H3. The summed E-state index contributed by atoms with van der Waals surface area (Å²) >= 11 is 0. The third-order valence-corrected chi connectivity index (χ3v) is 3.56. The van der Waals surface area contributed by atoms with E-state index in [1.165, 1.54) is 0 Å². The molecular weight excluding hydrogens is 174 g/mol. The van der Waals surface area contributed by atoms with Gasteiger partial charge >= 0.3 is 0 Å². The molecule has 0 spiro atoms. The molecule has 2 unspecified atom stereocenters. The Hall–Kier alpha value is -0.120. The molecule has 0 aromatic carbocycles. The Bertz CT molecular complexity index is 127. The van der Waals surface area contributed by atoms with Gasteiger partial charge in [0.15, 0.2) is 0 Å². The van der Waals surface area contributed by atoms with Gasteiger partial charge in [0, 0.05) is 11.6 Å². The van der Waals surface area contributed by atoms with Crippen molar-refractivity contribution < 1.29 is 0 Å². The molecule has 0 heterocycles. The second-order valence-electron chi connectivity index (χ2n) is 4.01. The second-order valence-corrected chi connectivity index (χ2v) is 4.01. The van der Waals surface area contributed by atoms with Crippen molar-refractivity contribution in [2.45, 2.75) is 59.0 Å². The Morgan fingerprint density at radius 2 is 1.71 bits per heavy atom. The van der Waals surface area contributed by atoms with Crippen LogP contribution in [0, 0.1) is 0 Å². The highest BCUT2D eigenvalue weighted by atomic mass is 15.3. The van der Waals surface area contributed by atoms with Crippen LogP contribution in [0.3, 0.4) is 0 Å². The summed E-state index contributed by atoms with van der Waals surface area (Å²) in [6.07, 6.45) is 2.19. The average Bonchev–Trinajstić information content (AvgIpc) is 2.21. The Labute approximate surface area is 89.0 Å². The van der Waals surface area contributed by atoms with Gasteiger partial charge in [0.05, 0.1) is 0 Å². The van der Waals surface area contributed by atoms with E-state index in [4.69, 9.17) is 5.84 Å². The number of nitrogens with two attached hydrogens (primary N) is 1. The van der Waals surface area contributed by atoms with Crippen LogP contribution in [0.4, 0.5) is 0 Å². The average molecular weight is 201 g/mol. The Kier molecular flexibility index (Phi) is 6.33. The highest BCUT2D eigenvalue weighted by Crippen LogP contribution is 2.24. The quantitative estimate of drug-likeness (QED) is 0.487. The first-order chi connectivity index (χ1) is 6.60. The van der Waals surface area contributed by atoms with E-state index in [2.05, 4.69) is 44.9 Å². The molecule has 0 rings (SSSR count). The molecule has 3 heteroatoms. The highest BCUT2D eigenvalue weighted by molar-refractivity contribution is 4.94. The highest BCUT2D eigenvalue weighted by Gasteiger charge is 2.35. The fourth-order valence-electron chi connectivity index (χ4n) is 2.37. The van der Waals surface area contributed by atoms with E-state index in [-0.39, 0.29) is 5.54 Å². The maximum atomic E-state index is 5.62. The number of nitrogens with zero attached hydrogens (tertiary/aromatic N) is 1. The van der Waals surface area contributed by atoms with Gasteiger partial charge in [-0.1, -0.05) is 27.7 Å². The molecule has 0 aliphatic carbocycles. The minimum absolute atomic E-state index is 0.174. The topological polar surface area (TPSA) is 41.3 Å². The van der Waals surface area contributed by atoms with Crippen molar-refractivity contribution in [3.63, 3.8) is 0 Å². The van der Waals surface area contributed by atoms with Crippen molar-refractivity contribution in [3.8, 4) is 0 Å². The fourth-order valence-corrected chi connectivity index (χ4v) is 2.37. The number of hydrazine groups is 1. The Balaban J connectivity index is 4.72. The van der Waals surface area contributed by atoms with E-state index in [0.29, 0.717) is 6.04 Å². The molecule has 0 aromatic heterocycles. The molecule has 0 saturated carbocycles. The van der Waals surface area contributed by atoms with E-state index in [0.717, 1.165) is 25.9 Å². The maximum Gasteiger partial charge on any atom is 0.0389 e. The molecule has 0 aliphatic heterocycles. The zero-order chi connectivity index (χ0) is 11.2. The normalized spacial score (nSPS) is 18.2. The number of nitrogens with one attached hydrogen (secondary N) is 1. The summed E-state index contributed by atoms with van der Waals surface area (Å²) in [5, 5.41) is 0. The van der Waals surface area contributed by atoms with Crippen LogP contribution in [0.25, 0.3) is 0 Å². The minimum atomic E-state index is 0.174. The monoisotopic (exact) mass is 201 g/mol. The predicted octanol–water partition coefficient (Wildman–Crippen LogP) is 1.74. The lowest BCUT2D eigenvalue weighted by Crippen LogP contribution is -2.60. The lowest BCUT2D eigenvalue weighted by Gasteiger charge is -2.45. The van der Waals surface area contributed by atoms with Crippen LogP contribution in [0.2, 0.25) is 0 Å². The van der Waals surface area contributed by atoms with Gasteiger partial charge in [-0.15, -0.1) is 0 Å². The SMILES string of the molecule is CCC(NN)C(C)(CC)N(CC)CC. The Morgan fingerprint density at radius 3 is 1.93 bits per heavy atom. The summed E-state index contributed by atoms with van der Waals surface area (Å²) in [4.78, 5) is 2.49. The molecule has 0 fully saturated rings. The molecule has 0 saturated heterocycles. The maximum absolute atomic E-state index is 5.62. The van der Waals surface area contributed by atoms with Gasteiger partial charge < -0.3 is 0 Å². The molecule has 0 amide bonds. The number of hydrogen-bond acceptors (Lipinski definition) is 3. The van der Waals surface area contributed by atoms with Gasteiger partial charge in [0.1, 0.15) is 0 Å². The smallest absolute Gasteiger partial charge is 0.0389 e. The fraction of sp³-hybridized carbons (Fsp3) is 1.00. The van der Waals surface area contributed by atoms with Crippen molar-refractivity contribution in [1.29, 1.82) is 0 Å². The van der Waals surface area contributed by atoms with Crippen LogP contribution in [0.15, 0.2) is 0 Å². The second kappa shape index (κ2) is 6.38. The van der Waals surface area contributed by atoms with E-state index in [1.807, 2.05) is 0 Å². The van der Waals surface area contributed by atoms with Crippen LogP contribution in [-0.4, -0.2) is 29.6 Å². The summed E-state index contributed by atoms with van der Waals surface area (Å²) < 4.78 is 0. The zero-order valence-corrected chi connectivity index (χ0v) is 10.4. The van der Waals surface area contributed by atoms with Gasteiger partial charge in [0.2, 0.25) is 0 Å². The van der Waals surface area contributed by atoms with Crippen molar-refractivity contribution in [1.82, 2.24) is 10.3 Å². The van der Waals surface area contributed by atoms with Crippen molar-refractivity contribution in [2.75, 3.05) is 13.1 Å². The first-order valence-electron chi connectivity index (χ1n) is 5.81. The molecule has 14 heavy (non-hydrogen) atoms. The van der Waals surface area contributed by atoms with Gasteiger partial charge in [0.25, 0.3) is 0 Å². The lowest BCUT2D eigenvalue weighted by atomic mass is 9.86. The zero-order valence-electron chi connectivity index (χ0n) is 10.4. The van der Waals surface area contributed by atoms with Gasteiger partial charge in [-0.05, 0) is 32.9 Å². The molecule has 86 valence electrons. The van der Waals surface area contributed by atoms with E-state index in [9.17, 15) is 0 Å². The molecule has 0 aliphatic rings. The summed E-state index contributed by atoms with van der Waals surface area (Å²) in [7, 11) is 0. The van der Waals surface area contributed by atoms with Crippen LogP contribution in [0.1, 0.15) is 47.5 Å². The minimum Gasteiger partial charge on any atom is -0.297 e. The number of likely N-dealkylation sites (N-methyl/N-ethyl adjacent to an activating group) is 1. The molecule has 2 atom stereocenters. The van der Waals surface area contributed by atoms with E-state index >= 15 is 0 Å². The van der Waals surface area contributed by atoms with Crippen LogP contribution < -0.4 is 11.3 Å². The van der Waals surface area contributed by atoms with Crippen molar-refractivity contribution >= 4 is 0 Å². The van der Waals surface area contributed by atoms with Crippen LogP contribution in [0.5, 0.6) is 0 Å². The molecule has 3 N–H and O–H groups in total. The summed E-state index contributed by atoms with van der Waals surface area (Å²) in [5.74, 6) is 5.62. The van der Waals surface area contributed by atoms with Crippen LogP contribution in [-0.2, 0) is 0 Å². The third-order valence-electron chi connectivity index (χ3n) is 3.56. The summed E-state index contributed by atoms with van der Waals surface area (Å²) in [6.45, 7) is 13.3. The summed E-state index contributed by atoms with van der Waals surface area (Å²) in [5.41, 5.74) is 3.12. The van der Waals surface area contributed by atoms with Gasteiger partial charge in [-0.3, -0.25) is 16.2 Å². The van der Waals surface area contributed by atoms with Gasteiger partial charge in [-0.2, -0.15) is 0 Å². The van der Waals surface area contributed by atoms with Crippen LogP contribution >= 0.6 is 0 Å². The Morgan fingerprint density at radius 1 is 1.21 bits per heavy atom. The third kappa shape index (κ3) is 2.69. The van der Waals surface area contributed by atoms with Crippen molar-refractivity contribution in [3.05, 3.63) is 0 Å². The van der Waals surface area contributed by atoms with Gasteiger partial charge in [-0.25, -0.2) is 0 Å². The lowest BCUT2D eigenvalue weighted by molar-refractivity contribution is 0.0686. The van der Waals surface area contributed by atoms with E-state index < -0.39 is 0 Å². The molecule has 0 bridgehead atoms. The summed E-state index contributed by atoms with van der Waals surface area (Å²) in [6, 6.07) is 0.368. The number of hydrogen-bond donors (Lipinski definition) is 2. The number of rotatable bonds is 7. The molecule has 0 aromatic rings. The molecular formula is C11H27N3. The van der Waals surface area contributed by atoms with Crippen molar-refractivity contribution in [2.24, 2.45) is 5.84 Å². The molecule has 0 radical (unpaired) electrons. The first-order valence-corrected chi connectivity index (χ1v) is 5.81. The van der Waals surface area contributed by atoms with E-state index in [1.54, 1.807) is 0 Å². The largest absolute Gasteiger partial charge is 0.297 e. The molecule has 3 nitrogen and oxygen atoms in total.